The minimum absolute atomic E-state index is 0.143. The maximum atomic E-state index is 13.2. The summed E-state index contributed by atoms with van der Waals surface area (Å²) in [4.78, 5) is 6.34. The zero-order chi connectivity index (χ0) is 12.3. The Labute approximate surface area is 96.8 Å². The molecule has 0 fully saturated rings. The fourth-order valence-corrected chi connectivity index (χ4v) is 1.30. The van der Waals surface area contributed by atoms with Crippen molar-refractivity contribution < 1.29 is 4.39 Å². The largest absolute Gasteiger partial charge is 0.377 e. The van der Waals surface area contributed by atoms with Crippen LogP contribution in [0.5, 0.6) is 0 Å². The van der Waals surface area contributed by atoms with E-state index in [2.05, 4.69) is 4.99 Å². The molecule has 88 valence electrons. The Morgan fingerprint density at radius 2 is 1.88 bits per heavy atom. The first kappa shape index (κ1) is 12.7. The molecule has 0 aliphatic heterocycles. The first-order valence-corrected chi connectivity index (χ1v) is 5.32. The quantitative estimate of drug-likeness (QED) is 0.702. The third-order valence-corrected chi connectivity index (χ3v) is 2.06. The van der Waals surface area contributed by atoms with Gasteiger partial charge in [0.05, 0.1) is 5.54 Å². The van der Waals surface area contributed by atoms with E-state index < -0.39 is 0 Å². The fraction of sp³-hybridized carbons (Fsp3) is 0.462. The smallest absolute Gasteiger partial charge is 0.124 e. The molecule has 1 rings (SSSR count). The Kier molecular flexibility index (Phi) is 3.68. The summed E-state index contributed by atoms with van der Waals surface area (Å²) in [5.74, 6) is -0.235. The summed E-state index contributed by atoms with van der Waals surface area (Å²) in [6.45, 7) is 6.04. The molecule has 0 bridgehead atoms. The van der Waals surface area contributed by atoms with Crippen molar-refractivity contribution in [2.45, 2.75) is 26.3 Å². The summed E-state index contributed by atoms with van der Waals surface area (Å²) >= 11 is 0. The molecule has 0 aliphatic rings. The second-order valence-electron chi connectivity index (χ2n) is 5.03. The van der Waals surface area contributed by atoms with Crippen LogP contribution in [-0.2, 0) is 0 Å². The number of aliphatic imine (C=N–C) groups is 1. The number of benzene rings is 1. The molecule has 0 saturated carbocycles. The SMILES string of the molecule is CN(C)c1ccc(F)cc1C=NC(C)(C)C. The van der Waals surface area contributed by atoms with Crippen molar-refractivity contribution in [3.63, 3.8) is 0 Å². The van der Waals surface area contributed by atoms with Crippen LogP contribution in [0.3, 0.4) is 0 Å². The number of hydrogen-bond acceptors (Lipinski definition) is 2. The summed E-state index contributed by atoms with van der Waals surface area (Å²) in [5, 5.41) is 0. The molecule has 0 amide bonds. The molecule has 0 heterocycles. The lowest BCUT2D eigenvalue weighted by Crippen LogP contribution is -2.13. The highest BCUT2D eigenvalue weighted by Crippen LogP contribution is 2.18. The van der Waals surface area contributed by atoms with Gasteiger partial charge in [-0.05, 0) is 39.0 Å². The molecule has 0 N–H and O–H groups in total. The van der Waals surface area contributed by atoms with Crippen LogP contribution in [0.4, 0.5) is 10.1 Å². The van der Waals surface area contributed by atoms with Crippen molar-refractivity contribution in [3.05, 3.63) is 29.6 Å². The van der Waals surface area contributed by atoms with E-state index in [0.29, 0.717) is 0 Å². The van der Waals surface area contributed by atoms with Crippen molar-refractivity contribution in [2.75, 3.05) is 19.0 Å². The monoisotopic (exact) mass is 222 g/mol. The van der Waals surface area contributed by atoms with Gasteiger partial charge in [0, 0.05) is 31.6 Å². The van der Waals surface area contributed by atoms with Crippen LogP contribution in [0, 0.1) is 5.82 Å². The minimum atomic E-state index is -0.235. The van der Waals surface area contributed by atoms with Gasteiger partial charge in [0.15, 0.2) is 0 Å². The molecule has 3 heteroatoms. The Morgan fingerprint density at radius 1 is 1.25 bits per heavy atom. The molecule has 1 aromatic carbocycles. The van der Waals surface area contributed by atoms with Crippen molar-refractivity contribution in [1.29, 1.82) is 0 Å². The van der Waals surface area contributed by atoms with Crippen molar-refractivity contribution in [3.8, 4) is 0 Å². The molecular formula is C13H19FN2. The fourth-order valence-electron chi connectivity index (χ4n) is 1.30. The molecular weight excluding hydrogens is 203 g/mol. The second kappa shape index (κ2) is 4.64. The van der Waals surface area contributed by atoms with Crippen LogP contribution >= 0.6 is 0 Å². The van der Waals surface area contributed by atoms with Gasteiger partial charge in [-0.15, -0.1) is 0 Å². The maximum absolute atomic E-state index is 13.2. The van der Waals surface area contributed by atoms with E-state index in [1.165, 1.54) is 12.1 Å². The average molecular weight is 222 g/mol. The highest BCUT2D eigenvalue weighted by Gasteiger charge is 2.08. The molecule has 0 aromatic heterocycles. The van der Waals surface area contributed by atoms with Gasteiger partial charge in [0.25, 0.3) is 0 Å². The molecule has 1 aromatic rings. The topological polar surface area (TPSA) is 15.6 Å². The molecule has 16 heavy (non-hydrogen) atoms. The van der Waals surface area contributed by atoms with Gasteiger partial charge >= 0.3 is 0 Å². The van der Waals surface area contributed by atoms with Crippen LogP contribution in [-0.4, -0.2) is 25.8 Å². The highest BCUT2D eigenvalue weighted by molar-refractivity contribution is 5.88. The van der Waals surface area contributed by atoms with Crippen LogP contribution < -0.4 is 4.90 Å². The number of rotatable bonds is 2. The summed E-state index contributed by atoms with van der Waals surface area (Å²) in [6.07, 6.45) is 1.73. The zero-order valence-electron chi connectivity index (χ0n) is 10.6. The molecule has 0 radical (unpaired) electrons. The van der Waals surface area contributed by atoms with E-state index in [4.69, 9.17) is 0 Å². The van der Waals surface area contributed by atoms with E-state index in [-0.39, 0.29) is 11.4 Å². The first-order chi connectivity index (χ1) is 7.29. The van der Waals surface area contributed by atoms with Gasteiger partial charge in [-0.3, -0.25) is 4.99 Å². The van der Waals surface area contributed by atoms with E-state index in [1.807, 2.05) is 39.8 Å². The highest BCUT2D eigenvalue weighted by atomic mass is 19.1. The molecule has 0 unspecified atom stereocenters. The third-order valence-electron chi connectivity index (χ3n) is 2.06. The molecule has 2 nitrogen and oxygen atoms in total. The molecule has 0 atom stereocenters. The summed E-state index contributed by atoms with van der Waals surface area (Å²) in [7, 11) is 3.86. The molecule has 0 aliphatic carbocycles. The van der Waals surface area contributed by atoms with Crippen molar-refractivity contribution in [2.24, 2.45) is 4.99 Å². The third kappa shape index (κ3) is 3.65. The normalized spacial score (nSPS) is 12.1. The van der Waals surface area contributed by atoms with Crippen LogP contribution in [0.25, 0.3) is 0 Å². The maximum Gasteiger partial charge on any atom is 0.124 e. The average Bonchev–Trinajstić information content (AvgIpc) is 2.13. The zero-order valence-corrected chi connectivity index (χ0v) is 10.6. The van der Waals surface area contributed by atoms with Gasteiger partial charge in [-0.25, -0.2) is 4.39 Å². The summed E-state index contributed by atoms with van der Waals surface area (Å²) in [6, 6.07) is 4.73. The Hall–Kier alpha value is -1.38. The lowest BCUT2D eigenvalue weighted by molar-refractivity contribution is 0.586. The molecule has 0 spiro atoms. The summed E-state index contributed by atoms with van der Waals surface area (Å²) in [5.41, 5.74) is 1.63. The lowest BCUT2D eigenvalue weighted by Gasteiger charge is -2.17. The Balaban J connectivity index is 3.11. The predicted octanol–water partition coefficient (Wildman–Crippen LogP) is 3.11. The van der Waals surface area contributed by atoms with E-state index in [9.17, 15) is 4.39 Å². The van der Waals surface area contributed by atoms with Crippen LogP contribution in [0.2, 0.25) is 0 Å². The van der Waals surface area contributed by atoms with Gasteiger partial charge in [0.1, 0.15) is 5.82 Å². The van der Waals surface area contributed by atoms with E-state index in [1.54, 1.807) is 12.3 Å². The van der Waals surface area contributed by atoms with Gasteiger partial charge < -0.3 is 4.90 Å². The van der Waals surface area contributed by atoms with Gasteiger partial charge in [-0.1, -0.05) is 0 Å². The van der Waals surface area contributed by atoms with Gasteiger partial charge in [0.2, 0.25) is 0 Å². The number of halogens is 1. The standard InChI is InChI=1S/C13H19FN2/c1-13(2,3)15-9-10-8-11(14)6-7-12(10)16(4)5/h6-9H,1-5H3. The number of anilines is 1. The second-order valence-corrected chi connectivity index (χ2v) is 5.03. The van der Waals surface area contributed by atoms with Crippen molar-refractivity contribution >= 4 is 11.9 Å². The van der Waals surface area contributed by atoms with E-state index in [0.717, 1.165) is 11.3 Å². The van der Waals surface area contributed by atoms with Crippen LogP contribution in [0.1, 0.15) is 26.3 Å². The lowest BCUT2D eigenvalue weighted by atomic mass is 10.1. The van der Waals surface area contributed by atoms with E-state index >= 15 is 0 Å². The number of nitrogens with zero attached hydrogens (tertiary/aromatic N) is 2. The molecule has 0 saturated heterocycles. The van der Waals surface area contributed by atoms with Crippen molar-refractivity contribution in [1.82, 2.24) is 0 Å². The first-order valence-electron chi connectivity index (χ1n) is 5.32. The number of hydrogen-bond donors (Lipinski definition) is 0. The predicted molar refractivity (Wildman–Crippen MR) is 68.1 cm³/mol. The van der Waals surface area contributed by atoms with Crippen LogP contribution in [0.15, 0.2) is 23.2 Å². The Bertz CT molecular complexity index is 389. The Morgan fingerprint density at radius 3 is 2.38 bits per heavy atom. The van der Waals surface area contributed by atoms with Gasteiger partial charge in [-0.2, -0.15) is 0 Å². The minimum Gasteiger partial charge on any atom is -0.377 e. The summed E-state index contributed by atoms with van der Waals surface area (Å²) < 4.78 is 13.2.